The Hall–Kier alpha value is -2.43. The zero-order chi connectivity index (χ0) is 16.0. The Labute approximate surface area is 137 Å². The summed E-state index contributed by atoms with van der Waals surface area (Å²) in [6, 6.07) is 16.5. The van der Waals surface area contributed by atoms with Crippen LogP contribution in [0.5, 0.6) is 0 Å². The quantitative estimate of drug-likeness (QED) is 0.574. The van der Waals surface area contributed by atoms with Crippen molar-refractivity contribution in [3.05, 3.63) is 69.8 Å². The highest BCUT2D eigenvalue weighted by atomic mass is 32.1. The first kappa shape index (κ1) is 14.2. The number of hydrogen-bond donors (Lipinski definition) is 2. The van der Waals surface area contributed by atoms with Crippen LogP contribution in [0.2, 0.25) is 0 Å². The lowest BCUT2D eigenvalue weighted by Crippen LogP contribution is -2.04. The van der Waals surface area contributed by atoms with E-state index >= 15 is 0 Å². The summed E-state index contributed by atoms with van der Waals surface area (Å²) in [6.07, 6.45) is 0. The van der Waals surface area contributed by atoms with E-state index in [0.29, 0.717) is 0 Å². The van der Waals surface area contributed by atoms with Crippen LogP contribution in [-0.2, 0) is 0 Å². The summed E-state index contributed by atoms with van der Waals surface area (Å²) in [6.45, 7) is 1.98. The van der Waals surface area contributed by atoms with E-state index in [1.807, 2.05) is 30.5 Å². The summed E-state index contributed by atoms with van der Waals surface area (Å²) in [5.74, 6) is 0. The van der Waals surface area contributed by atoms with Gasteiger partial charge in [-0.15, -0.1) is 11.3 Å². The third-order valence-electron chi connectivity index (χ3n) is 4.20. The molecule has 2 aromatic heterocycles. The zero-order valence-electron chi connectivity index (χ0n) is 12.7. The van der Waals surface area contributed by atoms with Crippen molar-refractivity contribution in [1.29, 1.82) is 0 Å². The fourth-order valence-electron chi connectivity index (χ4n) is 2.91. The average Bonchev–Trinajstić information content (AvgIpc) is 3.05. The van der Waals surface area contributed by atoms with Gasteiger partial charge >= 0.3 is 0 Å². The fraction of sp³-hybridized carbons (Fsp3) is 0.105. The predicted molar refractivity (Wildman–Crippen MR) is 98.0 cm³/mol. The lowest BCUT2D eigenvalue weighted by atomic mass is 9.99. The molecule has 4 rings (SSSR count). The van der Waals surface area contributed by atoms with E-state index < -0.39 is 0 Å². The molecule has 2 aromatic carbocycles. The number of nitrogens with one attached hydrogen (secondary N) is 1. The van der Waals surface area contributed by atoms with Crippen molar-refractivity contribution in [2.75, 3.05) is 0 Å². The normalized spacial score (nSPS) is 12.8. The van der Waals surface area contributed by atoms with Gasteiger partial charge in [-0.3, -0.25) is 4.79 Å². The molecule has 0 unspecified atom stereocenters. The smallest absolute Gasteiger partial charge is 0.266 e. The fourth-order valence-corrected chi connectivity index (χ4v) is 3.71. The predicted octanol–water partition coefficient (Wildman–Crippen LogP) is 4.43. The van der Waals surface area contributed by atoms with Gasteiger partial charge in [0.15, 0.2) is 0 Å². The van der Waals surface area contributed by atoms with E-state index in [1.165, 1.54) is 11.3 Å². The molecule has 0 aliphatic rings. The Balaban J connectivity index is 1.91. The van der Waals surface area contributed by atoms with Crippen LogP contribution in [0.3, 0.4) is 0 Å². The van der Waals surface area contributed by atoms with Crippen LogP contribution in [0, 0.1) is 0 Å². The number of nitrogens with two attached hydrogens (primary N) is 1. The minimum absolute atomic E-state index is 0.0171. The molecule has 4 heteroatoms. The number of aromatic nitrogens is 1. The van der Waals surface area contributed by atoms with Crippen LogP contribution in [0.25, 0.3) is 32.1 Å². The summed E-state index contributed by atoms with van der Waals surface area (Å²) in [5.41, 5.74) is 10.2. The topological polar surface area (TPSA) is 58.9 Å². The number of benzene rings is 2. The average molecular weight is 320 g/mol. The number of pyridine rings is 1. The van der Waals surface area contributed by atoms with Crippen molar-refractivity contribution in [2.45, 2.75) is 13.0 Å². The SMILES string of the molecule is C[C@@H](N)c1ccc(-c2ccc3[nH]c(=O)c4sccc4c3c2)cc1. The lowest BCUT2D eigenvalue weighted by molar-refractivity contribution is 0.818. The van der Waals surface area contributed by atoms with Crippen LogP contribution in [-0.4, -0.2) is 4.98 Å². The van der Waals surface area contributed by atoms with Crippen LogP contribution in [0.1, 0.15) is 18.5 Å². The Morgan fingerprint density at radius 2 is 1.74 bits per heavy atom. The first-order valence-corrected chi connectivity index (χ1v) is 8.40. The molecule has 0 amide bonds. The molecule has 3 nitrogen and oxygen atoms in total. The number of hydrogen-bond acceptors (Lipinski definition) is 3. The van der Waals surface area contributed by atoms with Crippen molar-refractivity contribution in [3.8, 4) is 11.1 Å². The van der Waals surface area contributed by atoms with Gasteiger partial charge in [0.25, 0.3) is 5.56 Å². The summed E-state index contributed by atoms with van der Waals surface area (Å²) in [7, 11) is 0. The van der Waals surface area contributed by atoms with Crippen molar-refractivity contribution >= 4 is 32.3 Å². The second-order valence-electron chi connectivity index (χ2n) is 5.79. The van der Waals surface area contributed by atoms with Crippen LogP contribution in [0.4, 0.5) is 0 Å². The van der Waals surface area contributed by atoms with Gasteiger partial charge in [-0.2, -0.15) is 0 Å². The Kier molecular flexibility index (Phi) is 3.29. The van der Waals surface area contributed by atoms with Crippen molar-refractivity contribution < 1.29 is 0 Å². The van der Waals surface area contributed by atoms with Crippen molar-refractivity contribution in [3.63, 3.8) is 0 Å². The summed E-state index contributed by atoms with van der Waals surface area (Å²) in [5, 5.41) is 4.06. The first-order chi connectivity index (χ1) is 11.1. The van der Waals surface area contributed by atoms with Crippen LogP contribution >= 0.6 is 11.3 Å². The van der Waals surface area contributed by atoms with E-state index in [2.05, 4.69) is 35.3 Å². The molecule has 0 spiro atoms. The highest BCUT2D eigenvalue weighted by molar-refractivity contribution is 7.17. The molecule has 114 valence electrons. The molecule has 0 aliphatic heterocycles. The molecule has 0 saturated heterocycles. The standard InChI is InChI=1S/C19H16N2OS/c1-11(20)12-2-4-13(5-3-12)14-6-7-17-16(10-14)15-8-9-23-18(15)19(22)21-17/h2-11H,20H2,1H3,(H,21,22)/t11-/m1/s1. The molecule has 0 bridgehead atoms. The largest absolute Gasteiger partial charge is 0.324 e. The second kappa shape index (κ2) is 5.33. The number of H-pyrrole nitrogens is 1. The van der Waals surface area contributed by atoms with Gasteiger partial charge in [0.2, 0.25) is 0 Å². The second-order valence-corrected chi connectivity index (χ2v) is 6.70. The van der Waals surface area contributed by atoms with E-state index in [0.717, 1.165) is 37.7 Å². The molecule has 2 heterocycles. The van der Waals surface area contributed by atoms with Crippen LogP contribution in [0.15, 0.2) is 58.7 Å². The molecule has 0 radical (unpaired) electrons. The molecule has 0 fully saturated rings. The van der Waals surface area contributed by atoms with E-state index in [1.54, 1.807) is 0 Å². The zero-order valence-corrected chi connectivity index (χ0v) is 13.5. The number of thiophene rings is 1. The molecular formula is C19H16N2OS. The van der Waals surface area contributed by atoms with E-state index in [9.17, 15) is 4.79 Å². The highest BCUT2D eigenvalue weighted by Gasteiger charge is 2.08. The number of rotatable bonds is 2. The Morgan fingerprint density at radius 3 is 2.48 bits per heavy atom. The summed E-state index contributed by atoms with van der Waals surface area (Å²) in [4.78, 5) is 15.0. The Bertz CT molecular complexity index is 1060. The molecule has 3 N–H and O–H groups in total. The van der Waals surface area contributed by atoms with Gasteiger partial charge in [-0.1, -0.05) is 30.3 Å². The van der Waals surface area contributed by atoms with Crippen LogP contribution < -0.4 is 11.3 Å². The molecule has 0 aliphatic carbocycles. The van der Waals surface area contributed by atoms with Gasteiger partial charge in [-0.25, -0.2) is 0 Å². The minimum atomic E-state index is -0.0171. The molecular weight excluding hydrogens is 304 g/mol. The maximum absolute atomic E-state index is 12.1. The maximum atomic E-state index is 12.1. The third-order valence-corrected chi connectivity index (χ3v) is 5.11. The van der Waals surface area contributed by atoms with Gasteiger partial charge in [0.1, 0.15) is 4.70 Å². The lowest BCUT2D eigenvalue weighted by Gasteiger charge is -2.08. The Morgan fingerprint density at radius 1 is 1.00 bits per heavy atom. The number of aromatic amines is 1. The van der Waals surface area contributed by atoms with Crippen molar-refractivity contribution in [1.82, 2.24) is 4.98 Å². The number of fused-ring (bicyclic) bond motifs is 3. The molecule has 0 saturated carbocycles. The van der Waals surface area contributed by atoms with Gasteiger partial charge in [0.05, 0.1) is 0 Å². The van der Waals surface area contributed by atoms with E-state index in [4.69, 9.17) is 5.73 Å². The van der Waals surface area contributed by atoms with Crippen molar-refractivity contribution in [2.24, 2.45) is 5.73 Å². The van der Waals surface area contributed by atoms with E-state index in [-0.39, 0.29) is 11.6 Å². The maximum Gasteiger partial charge on any atom is 0.266 e. The van der Waals surface area contributed by atoms with Gasteiger partial charge in [0, 0.05) is 22.3 Å². The molecule has 23 heavy (non-hydrogen) atoms. The monoisotopic (exact) mass is 320 g/mol. The van der Waals surface area contributed by atoms with Gasteiger partial charge < -0.3 is 10.7 Å². The summed E-state index contributed by atoms with van der Waals surface area (Å²) < 4.78 is 0.780. The summed E-state index contributed by atoms with van der Waals surface area (Å²) >= 11 is 1.48. The van der Waals surface area contributed by atoms with Gasteiger partial charge in [-0.05, 0) is 47.2 Å². The third kappa shape index (κ3) is 2.36. The molecule has 4 aromatic rings. The highest BCUT2D eigenvalue weighted by Crippen LogP contribution is 2.29. The molecule has 1 atom stereocenters. The minimum Gasteiger partial charge on any atom is -0.324 e. The first-order valence-electron chi connectivity index (χ1n) is 7.52.